The van der Waals surface area contributed by atoms with Crippen molar-refractivity contribution in [3.8, 4) is 11.5 Å². The van der Waals surface area contributed by atoms with Crippen LogP contribution in [0.5, 0.6) is 11.5 Å². The molecule has 0 bridgehead atoms. The fourth-order valence-electron chi connectivity index (χ4n) is 5.25. The number of hydrogen-bond acceptors (Lipinski definition) is 8. The molecule has 45 heavy (non-hydrogen) atoms. The van der Waals surface area contributed by atoms with Crippen LogP contribution < -0.4 is 9.47 Å². The summed E-state index contributed by atoms with van der Waals surface area (Å²) in [6.45, 7) is 8.96. The molecule has 0 spiro atoms. The lowest BCUT2D eigenvalue weighted by Gasteiger charge is -2.37. The van der Waals surface area contributed by atoms with E-state index in [1.807, 2.05) is 12.1 Å². The number of methoxy groups -OCH3 is 2. The second-order valence-electron chi connectivity index (χ2n) is 10.6. The molecule has 12 heteroatoms. The molecule has 2 aromatic carbocycles. The number of ether oxygens (including phenoxy) is 2. The number of carboxylic acids is 4. The zero-order chi connectivity index (χ0) is 33.4. The quantitative estimate of drug-likeness (QED) is 0.282. The van der Waals surface area contributed by atoms with Crippen molar-refractivity contribution in [2.75, 3.05) is 40.4 Å². The van der Waals surface area contributed by atoms with Gasteiger partial charge in [0.25, 0.3) is 0 Å². The van der Waals surface area contributed by atoms with E-state index in [0.29, 0.717) is 24.3 Å². The van der Waals surface area contributed by atoms with Crippen molar-refractivity contribution < 1.29 is 49.1 Å². The number of fused-ring (bicyclic) bond motifs is 1. The summed E-state index contributed by atoms with van der Waals surface area (Å²) in [4.78, 5) is 43.4. The number of likely N-dealkylation sites (tertiary alicyclic amines) is 1. The normalized spacial score (nSPS) is 15.3. The van der Waals surface area contributed by atoms with E-state index < -0.39 is 23.9 Å². The summed E-state index contributed by atoms with van der Waals surface area (Å²) in [7, 11) is 3.53. The van der Waals surface area contributed by atoms with E-state index in [1.165, 1.54) is 54.7 Å². The Kier molecular flexibility index (Phi) is 15.3. The van der Waals surface area contributed by atoms with Gasteiger partial charge >= 0.3 is 23.9 Å². The Morgan fingerprint density at radius 1 is 0.756 bits per heavy atom. The maximum absolute atomic E-state index is 9.55. The first-order valence-corrected chi connectivity index (χ1v) is 14.4. The molecule has 0 radical (unpaired) electrons. The Morgan fingerprint density at radius 2 is 1.27 bits per heavy atom. The third kappa shape index (κ3) is 13.7. The molecule has 4 rings (SSSR count). The van der Waals surface area contributed by atoms with Crippen molar-refractivity contribution in [2.24, 2.45) is 5.92 Å². The fourth-order valence-corrected chi connectivity index (χ4v) is 5.25. The van der Waals surface area contributed by atoms with Crippen LogP contribution >= 0.6 is 0 Å². The zero-order valence-electron chi connectivity index (χ0n) is 25.8. The average Bonchev–Trinajstić information content (AvgIpc) is 3.00. The zero-order valence-corrected chi connectivity index (χ0v) is 25.8. The highest BCUT2D eigenvalue weighted by molar-refractivity contribution is 5.90. The van der Waals surface area contributed by atoms with E-state index in [9.17, 15) is 19.2 Å². The third-order valence-electron chi connectivity index (χ3n) is 7.29. The Hall–Kier alpha value is -4.68. The molecule has 4 N–H and O–H groups in total. The highest BCUT2D eigenvalue weighted by Crippen LogP contribution is 2.35. The molecule has 0 atom stereocenters. The summed E-state index contributed by atoms with van der Waals surface area (Å²) in [5.74, 6) is -2.23. The Morgan fingerprint density at radius 3 is 1.73 bits per heavy atom. The van der Waals surface area contributed by atoms with E-state index in [0.717, 1.165) is 43.5 Å². The topological polar surface area (TPSA) is 174 Å². The van der Waals surface area contributed by atoms with Crippen LogP contribution in [0.2, 0.25) is 0 Å². The largest absolute Gasteiger partial charge is 0.496 e. The van der Waals surface area contributed by atoms with Crippen molar-refractivity contribution in [1.82, 2.24) is 9.80 Å². The third-order valence-corrected chi connectivity index (χ3v) is 7.29. The van der Waals surface area contributed by atoms with Crippen molar-refractivity contribution in [1.29, 1.82) is 0 Å². The lowest BCUT2D eigenvalue weighted by Crippen LogP contribution is -2.40. The first-order valence-electron chi connectivity index (χ1n) is 14.4. The van der Waals surface area contributed by atoms with E-state index in [1.54, 1.807) is 14.2 Å². The van der Waals surface area contributed by atoms with Crippen LogP contribution in [0.1, 0.15) is 35.1 Å². The summed E-state index contributed by atoms with van der Waals surface area (Å²) in [6.07, 6.45) is 5.87. The molecule has 0 aromatic heterocycles. The van der Waals surface area contributed by atoms with Crippen molar-refractivity contribution in [3.05, 3.63) is 83.0 Å². The second kappa shape index (κ2) is 18.9. The van der Waals surface area contributed by atoms with Crippen molar-refractivity contribution in [3.63, 3.8) is 0 Å². The lowest BCUT2D eigenvalue weighted by molar-refractivity contribution is -0.134. The predicted molar refractivity (Wildman–Crippen MR) is 167 cm³/mol. The van der Waals surface area contributed by atoms with Crippen LogP contribution in [-0.2, 0) is 38.7 Å². The van der Waals surface area contributed by atoms with Crippen molar-refractivity contribution in [2.45, 2.75) is 39.3 Å². The number of aliphatic carboxylic acids is 4. The van der Waals surface area contributed by atoms with E-state index in [4.69, 9.17) is 29.9 Å². The number of nitrogens with zero attached hydrogens (tertiary/aromatic N) is 2. The molecule has 2 aliphatic rings. The summed E-state index contributed by atoms with van der Waals surface area (Å²) < 4.78 is 11.2. The summed E-state index contributed by atoms with van der Waals surface area (Å²) in [5.41, 5.74) is 5.44. The van der Waals surface area contributed by atoms with Gasteiger partial charge in [-0.15, -0.1) is 0 Å². The molecular formula is C33H42N2O10. The number of rotatable bonds is 10. The molecule has 244 valence electrons. The van der Waals surface area contributed by atoms with Gasteiger partial charge in [0, 0.05) is 61.6 Å². The van der Waals surface area contributed by atoms with Gasteiger partial charge in [-0.05, 0) is 62.9 Å². The maximum Gasteiger partial charge on any atom is 0.328 e. The molecular weight excluding hydrogens is 584 g/mol. The monoisotopic (exact) mass is 626 g/mol. The van der Waals surface area contributed by atoms with Crippen LogP contribution in [0, 0.1) is 12.8 Å². The number of benzene rings is 2. The molecule has 0 saturated carbocycles. The first kappa shape index (κ1) is 36.5. The molecule has 1 fully saturated rings. The molecule has 2 aromatic rings. The van der Waals surface area contributed by atoms with E-state index >= 15 is 0 Å². The van der Waals surface area contributed by atoms with E-state index in [2.05, 4.69) is 41.0 Å². The van der Waals surface area contributed by atoms with Gasteiger partial charge in [0.05, 0.1) is 14.2 Å². The molecule has 0 unspecified atom stereocenters. The van der Waals surface area contributed by atoms with Gasteiger partial charge in [-0.2, -0.15) is 0 Å². The number of piperidine rings is 1. The Balaban J connectivity index is 0.000000365. The minimum atomic E-state index is -1.26. The number of carboxylic acid groups (broad SMARTS) is 4. The van der Waals surface area contributed by atoms with Crippen LogP contribution in [0.3, 0.4) is 0 Å². The van der Waals surface area contributed by atoms with E-state index in [-0.39, 0.29) is 0 Å². The van der Waals surface area contributed by atoms with Gasteiger partial charge in [-0.3, -0.25) is 9.80 Å². The maximum atomic E-state index is 9.55. The van der Waals surface area contributed by atoms with Crippen LogP contribution in [0.4, 0.5) is 0 Å². The molecule has 0 amide bonds. The highest BCUT2D eigenvalue weighted by Gasteiger charge is 2.26. The van der Waals surface area contributed by atoms with Gasteiger partial charge in [-0.1, -0.05) is 29.8 Å². The Labute approximate surface area is 262 Å². The average molecular weight is 627 g/mol. The van der Waals surface area contributed by atoms with Gasteiger partial charge in [0.1, 0.15) is 11.5 Å². The summed E-state index contributed by atoms with van der Waals surface area (Å²) in [5, 5.41) is 31.2. The SMILES string of the molecule is COc1ccc(OC)c2c1CCN(CC1CCN(Cc3cccc(C)c3)CC1)C2.O=C(O)/C=C/C(=O)O.O=C(O)/C=C/C(=O)O. The van der Waals surface area contributed by atoms with Crippen LogP contribution in [0.25, 0.3) is 0 Å². The highest BCUT2D eigenvalue weighted by atomic mass is 16.5. The summed E-state index contributed by atoms with van der Waals surface area (Å²) >= 11 is 0. The smallest absolute Gasteiger partial charge is 0.328 e. The predicted octanol–water partition coefficient (Wildman–Crippen LogP) is 3.71. The first-order chi connectivity index (χ1) is 21.4. The molecule has 0 aliphatic carbocycles. The second-order valence-corrected chi connectivity index (χ2v) is 10.6. The van der Waals surface area contributed by atoms with Gasteiger partial charge < -0.3 is 29.9 Å². The Bertz CT molecular complexity index is 1300. The number of carbonyl (C=O) groups is 4. The van der Waals surface area contributed by atoms with Gasteiger partial charge in [0.2, 0.25) is 0 Å². The minimum Gasteiger partial charge on any atom is -0.496 e. The summed E-state index contributed by atoms with van der Waals surface area (Å²) in [6, 6.07) is 13.0. The van der Waals surface area contributed by atoms with Gasteiger partial charge in [-0.25, -0.2) is 19.2 Å². The number of hydrogen-bond donors (Lipinski definition) is 4. The van der Waals surface area contributed by atoms with Crippen molar-refractivity contribution >= 4 is 23.9 Å². The molecule has 2 aliphatic heterocycles. The molecule has 1 saturated heterocycles. The van der Waals surface area contributed by atoms with Crippen LogP contribution in [-0.4, -0.2) is 94.5 Å². The van der Waals surface area contributed by atoms with Crippen LogP contribution in [0.15, 0.2) is 60.7 Å². The molecule has 12 nitrogen and oxygen atoms in total. The standard InChI is InChI=1S/C25H34N2O2.2C4H4O4/c1-19-5-4-6-21(15-19)17-26-12-9-20(10-13-26)16-27-14-11-22-23(18-27)25(29-3)8-7-24(22)28-2;2*5-3(6)1-2-4(7)8/h4-8,15,20H,9-14,16-18H2,1-3H3;2*1-2H,(H,5,6)(H,7,8)/b;2*2-1+. The number of aryl methyl sites for hydroxylation is 1. The van der Waals surface area contributed by atoms with Gasteiger partial charge in [0.15, 0.2) is 0 Å². The fraction of sp³-hybridized carbons (Fsp3) is 0.394. The molecule has 2 heterocycles. The lowest BCUT2D eigenvalue weighted by atomic mass is 9.93. The minimum absolute atomic E-state index is 0.558.